The van der Waals surface area contributed by atoms with Gasteiger partial charge in [-0.25, -0.2) is 9.52 Å². The van der Waals surface area contributed by atoms with Crippen LogP contribution in [0.1, 0.15) is 46.0 Å². The molecule has 1 fully saturated rings. The Bertz CT molecular complexity index is 419. The number of ether oxygens (including phenoxy) is 1. The molecule has 0 aromatic rings. The largest absolute Gasteiger partial charge is 0.446 e. The molecule has 0 heterocycles. The molecule has 0 unspecified atom stereocenters. The van der Waals surface area contributed by atoms with Gasteiger partial charge < -0.3 is 4.74 Å². The summed E-state index contributed by atoms with van der Waals surface area (Å²) in [4.78, 5) is 11.3. The van der Waals surface area contributed by atoms with Crippen molar-refractivity contribution in [1.29, 1.82) is 0 Å². The van der Waals surface area contributed by atoms with E-state index < -0.39 is 16.3 Å². The minimum absolute atomic E-state index is 0.0606. The number of amides is 1. The van der Waals surface area contributed by atoms with Gasteiger partial charge in [0.15, 0.2) is 0 Å². The zero-order valence-corrected chi connectivity index (χ0v) is 14.3. The smallest absolute Gasteiger partial charge is 0.422 e. The summed E-state index contributed by atoms with van der Waals surface area (Å²) in [6, 6.07) is 0. The van der Waals surface area contributed by atoms with E-state index in [0.29, 0.717) is 6.54 Å². The first-order valence-corrected chi connectivity index (χ1v) is 9.43. The summed E-state index contributed by atoms with van der Waals surface area (Å²) in [7, 11) is -3.87. The third kappa shape index (κ3) is 5.97. The molecule has 0 spiro atoms. The van der Waals surface area contributed by atoms with Crippen molar-refractivity contribution in [2.24, 2.45) is 5.41 Å². The number of carbonyl (C=O) groups is 1. The minimum Gasteiger partial charge on any atom is -0.446 e. The van der Waals surface area contributed by atoms with Gasteiger partial charge in [0.2, 0.25) is 0 Å². The Morgan fingerprint density at radius 2 is 1.90 bits per heavy atom. The molecule has 0 radical (unpaired) electrons. The van der Waals surface area contributed by atoms with E-state index in [2.05, 4.69) is 20.7 Å². The van der Waals surface area contributed by atoms with E-state index in [-0.39, 0.29) is 11.5 Å². The van der Waals surface area contributed by atoms with Crippen LogP contribution in [-0.4, -0.2) is 32.5 Å². The van der Waals surface area contributed by atoms with Gasteiger partial charge in [-0.3, -0.25) is 0 Å². The molecule has 0 aromatic heterocycles. The highest BCUT2D eigenvalue weighted by molar-refractivity contribution is 9.09. The Morgan fingerprint density at radius 3 is 2.40 bits per heavy atom. The quantitative estimate of drug-likeness (QED) is 0.702. The van der Waals surface area contributed by atoms with Gasteiger partial charge in [0.25, 0.3) is 0 Å². The van der Waals surface area contributed by atoms with E-state index in [4.69, 9.17) is 4.74 Å². The third-order valence-corrected chi connectivity index (χ3v) is 5.54. The Morgan fingerprint density at radius 1 is 1.30 bits per heavy atom. The molecule has 20 heavy (non-hydrogen) atoms. The Hall–Kier alpha value is -0.340. The molecule has 0 saturated heterocycles. The van der Waals surface area contributed by atoms with Crippen molar-refractivity contribution in [3.63, 3.8) is 0 Å². The van der Waals surface area contributed by atoms with Crippen molar-refractivity contribution < 1.29 is 17.9 Å². The number of nitrogens with one attached hydrogen (secondary N) is 2. The lowest BCUT2D eigenvalue weighted by Gasteiger charge is -2.35. The average molecular weight is 371 g/mol. The second kappa shape index (κ2) is 7.61. The number of hydrogen-bond acceptors (Lipinski definition) is 4. The van der Waals surface area contributed by atoms with Crippen molar-refractivity contribution >= 4 is 32.2 Å². The monoisotopic (exact) mass is 370 g/mol. The van der Waals surface area contributed by atoms with E-state index in [1.54, 1.807) is 13.8 Å². The Balaban J connectivity index is 2.51. The fourth-order valence-corrected chi connectivity index (χ4v) is 3.89. The first-order valence-electron chi connectivity index (χ1n) is 6.83. The summed E-state index contributed by atoms with van der Waals surface area (Å²) >= 11 is 3.47. The highest BCUT2D eigenvalue weighted by Gasteiger charge is 2.32. The average Bonchev–Trinajstić information content (AvgIpc) is 2.36. The summed E-state index contributed by atoms with van der Waals surface area (Å²) in [6.07, 6.45) is 4.06. The van der Waals surface area contributed by atoms with Crippen LogP contribution in [0.3, 0.4) is 0 Å². The molecule has 0 aliphatic heterocycles. The molecule has 1 aliphatic rings. The molecule has 0 aromatic carbocycles. The van der Waals surface area contributed by atoms with E-state index in [1.807, 2.05) is 4.72 Å². The summed E-state index contributed by atoms with van der Waals surface area (Å²) in [5, 5.41) is 0.749. The maximum Gasteiger partial charge on any atom is 0.422 e. The molecule has 1 rings (SSSR count). The highest BCUT2D eigenvalue weighted by Crippen LogP contribution is 2.37. The predicted octanol–water partition coefficient (Wildman–Crippen LogP) is 2.30. The van der Waals surface area contributed by atoms with E-state index in [0.717, 1.165) is 31.0 Å². The van der Waals surface area contributed by atoms with Crippen LogP contribution >= 0.6 is 15.9 Å². The Kier molecular flexibility index (Phi) is 6.74. The van der Waals surface area contributed by atoms with E-state index in [9.17, 15) is 13.2 Å². The van der Waals surface area contributed by atoms with Crippen LogP contribution in [0.5, 0.6) is 0 Å². The van der Waals surface area contributed by atoms with Crippen molar-refractivity contribution in [3.8, 4) is 0 Å². The number of rotatable bonds is 6. The van der Waals surface area contributed by atoms with Crippen LogP contribution in [0.25, 0.3) is 0 Å². The topological polar surface area (TPSA) is 84.5 Å². The highest BCUT2D eigenvalue weighted by atomic mass is 79.9. The molecule has 0 bridgehead atoms. The number of hydrogen-bond donors (Lipinski definition) is 2. The van der Waals surface area contributed by atoms with Gasteiger partial charge in [-0.1, -0.05) is 35.2 Å². The SMILES string of the molecule is CC(C)OC(=O)NS(=O)(=O)NCC1(CBr)CCCCC1. The molecule has 1 aliphatic carbocycles. The van der Waals surface area contributed by atoms with Gasteiger partial charge in [0.05, 0.1) is 6.10 Å². The van der Waals surface area contributed by atoms with Crippen LogP contribution in [-0.2, 0) is 14.9 Å². The minimum atomic E-state index is -3.87. The summed E-state index contributed by atoms with van der Waals surface area (Å²) in [5.41, 5.74) is -0.0606. The Labute approximate surface area is 129 Å². The lowest BCUT2D eigenvalue weighted by atomic mass is 9.76. The van der Waals surface area contributed by atoms with Crippen molar-refractivity contribution in [2.45, 2.75) is 52.1 Å². The predicted molar refractivity (Wildman–Crippen MR) is 81.0 cm³/mol. The molecule has 8 heteroatoms. The van der Waals surface area contributed by atoms with Crippen molar-refractivity contribution in [3.05, 3.63) is 0 Å². The van der Waals surface area contributed by atoms with Gasteiger partial charge in [-0.2, -0.15) is 13.1 Å². The molecule has 0 atom stereocenters. The van der Waals surface area contributed by atoms with Gasteiger partial charge in [-0.05, 0) is 32.1 Å². The van der Waals surface area contributed by atoms with Crippen molar-refractivity contribution in [2.75, 3.05) is 11.9 Å². The molecule has 2 N–H and O–H groups in total. The first-order chi connectivity index (χ1) is 9.29. The maximum absolute atomic E-state index is 11.8. The molecule has 1 saturated carbocycles. The second-order valence-electron chi connectivity index (χ2n) is 5.57. The number of carbonyl (C=O) groups excluding carboxylic acids is 1. The maximum atomic E-state index is 11.8. The number of halogens is 1. The second-order valence-corrected chi connectivity index (χ2v) is 7.64. The zero-order chi connectivity index (χ0) is 15.2. The van der Waals surface area contributed by atoms with Crippen LogP contribution < -0.4 is 9.44 Å². The van der Waals surface area contributed by atoms with Crippen LogP contribution in [0, 0.1) is 5.41 Å². The first kappa shape index (κ1) is 17.7. The lowest BCUT2D eigenvalue weighted by molar-refractivity contribution is 0.121. The van der Waals surface area contributed by atoms with Gasteiger partial charge in [0.1, 0.15) is 0 Å². The normalized spacial score (nSPS) is 18.8. The standard InChI is InChI=1S/C12H23BrN2O4S/c1-10(2)19-11(16)15-20(17,18)14-9-12(8-13)6-4-3-5-7-12/h10,14H,3-9H2,1-2H3,(H,15,16). The third-order valence-electron chi connectivity index (χ3n) is 3.40. The number of alkyl halides is 1. The van der Waals surface area contributed by atoms with Gasteiger partial charge in [0, 0.05) is 11.9 Å². The summed E-state index contributed by atoms with van der Waals surface area (Å²) in [6.45, 7) is 3.63. The van der Waals surface area contributed by atoms with Crippen LogP contribution in [0.2, 0.25) is 0 Å². The molecule has 6 nitrogen and oxygen atoms in total. The molecule has 1 amide bonds. The fraction of sp³-hybridized carbons (Fsp3) is 0.917. The van der Waals surface area contributed by atoms with Gasteiger partial charge in [-0.15, -0.1) is 0 Å². The summed E-state index contributed by atoms with van der Waals surface area (Å²) < 4.78 is 32.6. The molecule has 118 valence electrons. The van der Waals surface area contributed by atoms with Crippen LogP contribution in [0.15, 0.2) is 0 Å². The fourth-order valence-electron chi connectivity index (χ4n) is 2.29. The molecular weight excluding hydrogens is 348 g/mol. The van der Waals surface area contributed by atoms with E-state index in [1.165, 1.54) is 6.42 Å². The van der Waals surface area contributed by atoms with Gasteiger partial charge >= 0.3 is 16.3 Å². The summed E-state index contributed by atoms with van der Waals surface area (Å²) in [5.74, 6) is 0. The van der Waals surface area contributed by atoms with Crippen molar-refractivity contribution in [1.82, 2.24) is 9.44 Å². The van der Waals surface area contributed by atoms with Crippen LogP contribution in [0.4, 0.5) is 4.79 Å². The van der Waals surface area contributed by atoms with E-state index >= 15 is 0 Å². The lowest BCUT2D eigenvalue weighted by Crippen LogP contribution is -2.46. The molecular formula is C12H23BrN2O4S. The zero-order valence-electron chi connectivity index (χ0n) is 11.9.